The lowest BCUT2D eigenvalue weighted by Crippen LogP contribution is -2.33. The van der Waals surface area contributed by atoms with Gasteiger partial charge in [0.15, 0.2) is 0 Å². The maximum atomic E-state index is 13.1. The molecular weight excluding hydrogens is 186 g/mol. The number of hydrogen-bond donors (Lipinski definition) is 1. The molecule has 1 aromatic carbocycles. The lowest BCUT2D eigenvalue weighted by Gasteiger charge is -2.19. The number of hydrogen-bond acceptors (Lipinski definition) is 1. The lowest BCUT2D eigenvalue weighted by atomic mass is 10.0. The monoisotopic (exact) mass is 200 g/mol. The van der Waals surface area contributed by atoms with Gasteiger partial charge in [-0.15, -0.1) is 0 Å². The summed E-state index contributed by atoms with van der Waals surface area (Å²) >= 11 is 0. The molecule has 0 aromatic heterocycles. The summed E-state index contributed by atoms with van der Waals surface area (Å²) in [6, 6.07) is 6.94. The topological polar surface area (TPSA) is 20.2 Å². The van der Waals surface area contributed by atoms with Crippen LogP contribution in [0.2, 0.25) is 0 Å². The average molecular weight is 200 g/mol. The Morgan fingerprint density at radius 2 is 2.07 bits per heavy atom. The highest BCUT2D eigenvalue weighted by Gasteiger charge is 2.35. The summed E-state index contributed by atoms with van der Waals surface area (Å²) in [6.07, 6.45) is -2.02. The van der Waals surface area contributed by atoms with Gasteiger partial charge in [-0.3, -0.25) is 0 Å². The Morgan fingerprint density at radius 1 is 1.43 bits per heavy atom. The van der Waals surface area contributed by atoms with E-state index in [0.717, 1.165) is 12.5 Å². The summed E-state index contributed by atoms with van der Waals surface area (Å²) in [4.78, 5) is 0. The predicted molar refractivity (Wildman–Crippen MR) is 51.5 cm³/mol. The van der Waals surface area contributed by atoms with Crippen LogP contribution in [0.15, 0.2) is 24.3 Å². The molecule has 3 heteroatoms. The number of benzene rings is 1. The lowest BCUT2D eigenvalue weighted by molar-refractivity contribution is -0.0982. The first-order chi connectivity index (χ1) is 6.42. The number of aryl methyl sites for hydroxylation is 1. The van der Waals surface area contributed by atoms with Crippen molar-refractivity contribution in [3.8, 4) is 0 Å². The molecule has 0 spiro atoms. The summed E-state index contributed by atoms with van der Waals surface area (Å²) in [5.74, 6) is -3.05. The minimum Gasteiger partial charge on any atom is -0.387 e. The third-order valence-corrected chi connectivity index (χ3v) is 2.13. The van der Waals surface area contributed by atoms with E-state index in [2.05, 4.69) is 0 Å². The molecular formula is C11H14F2O. The molecule has 0 aliphatic rings. The molecule has 1 unspecified atom stereocenters. The second-order valence-electron chi connectivity index (χ2n) is 3.60. The summed E-state index contributed by atoms with van der Waals surface area (Å²) in [5, 5.41) is 8.86. The van der Waals surface area contributed by atoms with E-state index in [9.17, 15) is 8.78 Å². The zero-order valence-electron chi connectivity index (χ0n) is 8.30. The Hall–Kier alpha value is -0.960. The molecule has 1 N–H and O–H groups in total. The minimum atomic E-state index is -3.05. The van der Waals surface area contributed by atoms with E-state index in [0.29, 0.717) is 5.56 Å². The SMILES string of the molecule is Cc1cccc(CC(F)(F)C(C)O)c1. The van der Waals surface area contributed by atoms with Gasteiger partial charge in [0, 0.05) is 6.42 Å². The third kappa shape index (κ3) is 2.77. The van der Waals surface area contributed by atoms with Crippen molar-refractivity contribution in [2.45, 2.75) is 32.3 Å². The smallest absolute Gasteiger partial charge is 0.277 e. The Morgan fingerprint density at radius 3 is 2.57 bits per heavy atom. The highest BCUT2D eigenvalue weighted by molar-refractivity contribution is 5.23. The summed E-state index contributed by atoms with van der Waals surface area (Å²) < 4.78 is 26.2. The molecule has 14 heavy (non-hydrogen) atoms. The second kappa shape index (κ2) is 4.05. The molecule has 1 nitrogen and oxygen atoms in total. The fraction of sp³-hybridized carbons (Fsp3) is 0.455. The van der Waals surface area contributed by atoms with Crippen molar-refractivity contribution in [3.05, 3.63) is 35.4 Å². The first kappa shape index (κ1) is 11.1. The van der Waals surface area contributed by atoms with E-state index in [4.69, 9.17) is 5.11 Å². The van der Waals surface area contributed by atoms with Crippen molar-refractivity contribution < 1.29 is 13.9 Å². The highest BCUT2D eigenvalue weighted by atomic mass is 19.3. The van der Waals surface area contributed by atoms with E-state index in [1.807, 2.05) is 13.0 Å². The van der Waals surface area contributed by atoms with E-state index in [-0.39, 0.29) is 0 Å². The highest BCUT2D eigenvalue weighted by Crippen LogP contribution is 2.24. The van der Waals surface area contributed by atoms with Gasteiger partial charge in [0.05, 0.1) is 0 Å². The number of aliphatic hydroxyl groups is 1. The van der Waals surface area contributed by atoms with Gasteiger partial charge in [-0.2, -0.15) is 0 Å². The van der Waals surface area contributed by atoms with Crippen LogP contribution in [0.4, 0.5) is 8.78 Å². The maximum absolute atomic E-state index is 13.1. The van der Waals surface area contributed by atoms with Gasteiger partial charge in [0.1, 0.15) is 6.10 Å². The van der Waals surface area contributed by atoms with E-state index < -0.39 is 18.4 Å². The summed E-state index contributed by atoms with van der Waals surface area (Å²) in [6.45, 7) is 2.96. The number of halogens is 2. The van der Waals surface area contributed by atoms with Crippen molar-refractivity contribution >= 4 is 0 Å². The van der Waals surface area contributed by atoms with Crippen LogP contribution in [-0.2, 0) is 6.42 Å². The molecule has 0 radical (unpaired) electrons. The molecule has 1 rings (SSSR count). The van der Waals surface area contributed by atoms with Crippen LogP contribution in [0.5, 0.6) is 0 Å². The molecule has 0 saturated carbocycles. The van der Waals surface area contributed by atoms with Gasteiger partial charge in [0.2, 0.25) is 0 Å². The van der Waals surface area contributed by atoms with E-state index in [1.54, 1.807) is 18.2 Å². The second-order valence-corrected chi connectivity index (χ2v) is 3.60. The Balaban J connectivity index is 2.78. The largest absolute Gasteiger partial charge is 0.387 e. The fourth-order valence-corrected chi connectivity index (χ4v) is 1.24. The van der Waals surface area contributed by atoms with Crippen LogP contribution in [0, 0.1) is 6.92 Å². The normalized spacial score (nSPS) is 14.1. The van der Waals surface area contributed by atoms with Crippen molar-refractivity contribution in [1.82, 2.24) is 0 Å². The predicted octanol–water partition coefficient (Wildman–Crippen LogP) is 2.55. The van der Waals surface area contributed by atoms with Crippen LogP contribution >= 0.6 is 0 Å². The van der Waals surface area contributed by atoms with Crippen molar-refractivity contribution in [2.24, 2.45) is 0 Å². The zero-order chi connectivity index (χ0) is 10.8. The van der Waals surface area contributed by atoms with Crippen molar-refractivity contribution in [3.63, 3.8) is 0 Å². The summed E-state index contributed by atoms with van der Waals surface area (Å²) in [7, 11) is 0. The maximum Gasteiger partial charge on any atom is 0.277 e. The van der Waals surface area contributed by atoms with Gasteiger partial charge in [0.25, 0.3) is 5.92 Å². The number of rotatable bonds is 3. The van der Waals surface area contributed by atoms with Crippen molar-refractivity contribution in [2.75, 3.05) is 0 Å². The van der Waals surface area contributed by atoms with Crippen molar-refractivity contribution in [1.29, 1.82) is 0 Å². The van der Waals surface area contributed by atoms with Gasteiger partial charge in [-0.1, -0.05) is 29.8 Å². The van der Waals surface area contributed by atoms with Gasteiger partial charge < -0.3 is 5.11 Å². The molecule has 78 valence electrons. The molecule has 0 fully saturated rings. The van der Waals surface area contributed by atoms with E-state index >= 15 is 0 Å². The molecule has 0 amide bonds. The molecule has 0 aliphatic carbocycles. The number of aliphatic hydroxyl groups excluding tert-OH is 1. The Kier molecular flexibility index (Phi) is 3.21. The first-order valence-corrected chi connectivity index (χ1v) is 4.53. The molecule has 1 aromatic rings. The molecule has 0 aliphatic heterocycles. The molecule has 1 atom stereocenters. The van der Waals surface area contributed by atoms with Gasteiger partial charge in [-0.25, -0.2) is 8.78 Å². The fourth-order valence-electron chi connectivity index (χ4n) is 1.24. The molecule has 0 saturated heterocycles. The average Bonchev–Trinajstić information content (AvgIpc) is 2.02. The van der Waals surface area contributed by atoms with Crippen LogP contribution < -0.4 is 0 Å². The zero-order valence-corrected chi connectivity index (χ0v) is 8.30. The quantitative estimate of drug-likeness (QED) is 0.795. The van der Waals surface area contributed by atoms with Crippen LogP contribution in [0.1, 0.15) is 18.1 Å². The summed E-state index contributed by atoms with van der Waals surface area (Å²) in [5.41, 5.74) is 1.50. The molecule has 0 bridgehead atoms. The van der Waals surface area contributed by atoms with Crippen LogP contribution in [0.25, 0.3) is 0 Å². The van der Waals surface area contributed by atoms with E-state index in [1.165, 1.54) is 0 Å². The van der Waals surface area contributed by atoms with Crippen LogP contribution in [0.3, 0.4) is 0 Å². The Bertz CT molecular complexity index is 308. The first-order valence-electron chi connectivity index (χ1n) is 4.53. The third-order valence-electron chi connectivity index (χ3n) is 2.13. The standard InChI is InChI=1S/C11H14F2O/c1-8-4-3-5-10(6-8)7-11(12,13)9(2)14/h3-6,9,14H,7H2,1-2H3. The van der Waals surface area contributed by atoms with Gasteiger partial charge in [-0.05, 0) is 19.4 Å². The number of alkyl halides is 2. The Labute approximate surface area is 82.4 Å². The van der Waals surface area contributed by atoms with Crippen LogP contribution in [-0.4, -0.2) is 17.1 Å². The minimum absolute atomic E-state index is 0.410. The van der Waals surface area contributed by atoms with Gasteiger partial charge >= 0.3 is 0 Å². The molecule has 0 heterocycles.